The highest BCUT2D eigenvalue weighted by Crippen LogP contribution is 2.26. The molecule has 0 aliphatic heterocycles. The van der Waals surface area contributed by atoms with Gasteiger partial charge in [0.1, 0.15) is 0 Å². The fraction of sp³-hybridized carbons (Fsp3) is 0.423. The maximum Gasteiger partial charge on any atom is 0.172 e. The highest BCUT2D eigenvalue weighted by atomic mass is 14.9. The summed E-state index contributed by atoms with van der Waals surface area (Å²) in [6, 6.07) is 10.9. The van der Waals surface area contributed by atoms with Crippen LogP contribution in [0.15, 0.2) is 55.1 Å². The summed E-state index contributed by atoms with van der Waals surface area (Å²) in [4.78, 5) is 9.16. The molecule has 3 aromatic rings. The number of aryl methyl sites for hydroxylation is 2. The van der Waals surface area contributed by atoms with Gasteiger partial charge in [-0.05, 0) is 73.1 Å². The van der Waals surface area contributed by atoms with Crippen LogP contribution in [0.3, 0.4) is 0 Å². The van der Waals surface area contributed by atoms with Gasteiger partial charge in [-0.3, -0.25) is 9.97 Å². The molecule has 3 aromatic heterocycles. The van der Waals surface area contributed by atoms with Crippen LogP contribution < -0.4 is 4.57 Å². The van der Waals surface area contributed by atoms with Crippen molar-refractivity contribution < 1.29 is 4.57 Å². The Morgan fingerprint density at radius 2 is 1.66 bits per heavy atom. The van der Waals surface area contributed by atoms with E-state index in [0.717, 1.165) is 24.4 Å². The molecule has 0 fully saturated rings. The Balaban J connectivity index is 1.74. The molecule has 3 nitrogen and oxygen atoms in total. The smallest absolute Gasteiger partial charge is 0.172 e. The molecule has 0 radical (unpaired) electrons. The van der Waals surface area contributed by atoms with E-state index in [9.17, 15) is 0 Å². The first-order valence-electron chi connectivity index (χ1n) is 10.7. The fourth-order valence-corrected chi connectivity index (χ4v) is 4.20. The van der Waals surface area contributed by atoms with Crippen molar-refractivity contribution in [3.8, 4) is 0 Å². The summed E-state index contributed by atoms with van der Waals surface area (Å²) < 4.78 is 2.31. The molecular formula is C26H34N3+. The van der Waals surface area contributed by atoms with E-state index in [1.54, 1.807) is 0 Å². The lowest BCUT2D eigenvalue weighted by atomic mass is 9.90. The molecule has 0 aromatic carbocycles. The van der Waals surface area contributed by atoms with Gasteiger partial charge in [-0.2, -0.15) is 0 Å². The first kappa shape index (κ1) is 21.2. The maximum absolute atomic E-state index is 4.66. The van der Waals surface area contributed by atoms with E-state index < -0.39 is 0 Å². The second-order valence-corrected chi connectivity index (χ2v) is 8.70. The lowest BCUT2D eigenvalue weighted by molar-refractivity contribution is -0.699. The third-order valence-electron chi connectivity index (χ3n) is 5.86. The molecule has 0 bridgehead atoms. The van der Waals surface area contributed by atoms with Crippen LogP contribution in [0.4, 0.5) is 0 Å². The van der Waals surface area contributed by atoms with Gasteiger partial charge in [-0.1, -0.05) is 27.7 Å². The van der Waals surface area contributed by atoms with Crippen LogP contribution in [0.2, 0.25) is 0 Å². The minimum absolute atomic E-state index is 0.402. The molecule has 29 heavy (non-hydrogen) atoms. The van der Waals surface area contributed by atoms with Crippen molar-refractivity contribution in [2.75, 3.05) is 0 Å². The Morgan fingerprint density at radius 1 is 0.897 bits per heavy atom. The minimum atomic E-state index is 0.402. The standard InChI is InChI=1S/C26H34N3/c1-18(2)24-8-7-13-29(17-24)16-21(5)23-10-12-28-25(15-23)14-20(4)26-19(3)9-11-27-22(26)6/h7-13,15,17-18,20-21H,14,16H2,1-6H3/q+1. The molecule has 2 atom stereocenters. The van der Waals surface area contributed by atoms with Gasteiger partial charge in [-0.15, -0.1) is 0 Å². The molecule has 0 N–H and O–H groups in total. The number of pyridine rings is 3. The molecule has 3 rings (SSSR count). The lowest BCUT2D eigenvalue weighted by Crippen LogP contribution is -2.36. The summed E-state index contributed by atoms with van der Waals surface area (Å²) in [6.07, 6.45) is 9.24. The molecule has 0 saturated carbocycles. The lowest BCUT2D eigenvalue weighted by Gasteiger charge is -2.17. The van der Waals surface area contributed by atoms with E-state index in [2.05, 4.69) is 98.8 Å². The van der Waals surface area contributed by atoms with Crippen molar-refractivity contribution in [1.29, 1.82) is 0 Å². The Labute approximate surface area is 175 Å². The fourth-order valence-electron chi connectivity index (χ4n) is 4.20. The molecule has 0 aliphatic carbocycles. The van der Waals surface area contributed by atoms with Crippen LogP contribution in [0.5, 0.6) is 0 Å². The van der Waals surface area contributed by atoms with Crippen LogP contribution in [0.25, 0.3) is 0 Å². The summed E-state index contributed by atoms with van der Waals surface area (Å²) in [7, 11) is 0. The molecular weight excluding hydrogens is 354 g/mol. The Morgan fingerprint density at radius 3 is 2.38 bits per heavy atom. The zero-order valence-corrected chi connectivity index (χ0v) is 18.7. The van der Waals surface area contributed by atoms with E-state index in [1.807, 2.05) is 12.4 Å². The Bertz CT molecular complexity index is 941. The highest BCUT2D eigenvalue weighted by Gasteiger charge is 2.17. The molecule has 3 heterocycles. The minimum Gasteiger partial charge on any atom is -0.261 e. The third-order valence-corrected chi connectivity index (χ3v) is 5.86. The predicted molar refractivity (Wildman–Crippen MR) is 119 cm³/mol. The third kappa shape index (κ3) is 5.29. The van der Waals surface area contributed by atoms with Crippen molar-refractivity contribution in [2.45, 2.75) is 72.3 Å². The van der Waals surface area contributed by atoms with Gasteiger partial charge >= 0.3 is 0 Å². The first-order valence-corrected chi connectivity index (χ1v) is 10.7. The van der Waals surface area contributed by atoms with Crippen molar-refractivity contribution in [3.63, 3.8) is 0 Å². The molecule has 0 amide bonds. The molecule has 3 heteroatoms. The SMILES string of the molecule is Cc1ccnc(C)c1C(C)Cc1cc(C(C)C[n+]2cccc(C(C)C)c2)ccn1. The normalized spacial score (nSPS) is 13.5. The van der Waals surface area contributed by atoms with Crippen molar-refractivity contribution in [1.82, 2.24) is 9.97 Å². The number of aromatic nitrogens is 3. The van der Waals surface area contributed by atoms with Crippen LogP contribution in [0.1, 0.15) is 79.1 Å². The summed E-state index contributed by atoms with van der Waals surface area (Å²) in [6.45, 7) is 14.3. The average molecular weight is 389 g/mol. The number of rotatable bonds is 7. The van der Waals surface area contributed by atoms with Crippen LogP contribution >= 0.6 is 0 Å². The van der Waals surface area contributed by atoms with Gasteiger partial charge in [0.05, 0.1) is 0 Å². The summed E-state index contributed by atoms with van der Waals surface area (Å²) >= 11 is 0. The van der Waals surface area contributed by atoms with Gasteiger partial charge in [0.25, 0.3) is 0 Å². The predicted octanol–water partition coefficient (Wildman–Crippen LogP) is 5.65. The zero-order valence-electron chi connectivity index (χ0n) is 18.7. The molecule has 0 saturated heterocycles. The average Bonchev–Trinajstić information content (AvgIpc) is 2.68. The van der Waals surface area contributed by atoms with Gasteiger partial charge in [0.2, 0.25) is 0 Å². The van der Waals surface area contributed by atoms with E-state index >= 15 is 0 Å². The van der Waals surface area contributed by atoms with Crippen LogP contribution in [-0.2, 0) is 13.0 Å². The molecule has 2 unspecified atom stereocenters. The Hall–Kier alpha value is -2.55. The first-order chi connectivity index (χ1) is 13.8. The largest absolute Gasteiger partial charge is 0.261 e. The Kier molecular flexibility index (Phi) is 6.79. The highest BCUT2D eigenvalue weighted by molar-refractivity contribution is 5.33. The van der Waals surface area contributed by atoms with Crippen LogP contribution in [-0.4, -0.2) is 9.97 Å². The molecule has 0 spiro atoms. The summed E-state index contributed by atoms with van der Waals surface area (Å²) in [5.41, 5.74) is 7.69. The van der Waals surface area contributed by atoms with Gasteiger partial charge in [0.15, 0.2) is 18.9 Å². The van der Waals surface area contributed by atoms with E-state index in [-0.39, 0.29) is 0 Å². The summed E-state index contributed by atoms with van der Waals surface area (Å²) in [5, 5.41) is 0. The van der Waals surface area contributed by atoms with E-state index in [1.165, 1.54) is 22.3 Å². The van der Waals surface area contributed by atoms with E-state index in [4.69, 9.17) is 0 Å². The van der Waals surface area contributed by atoms with Crippen molar-refractivity contribution >= 4 is 0 Å². The van der Waals surface area contributed by atoms with Crippen LogP contribution in [0, 0.1) is 13.8 Å². The monoisotopic (exact) mass is 388 g/mol. The number of nitrogens with zero attached hydrogens (tertiary/aromatic N) is 3. The quantitative estimate of drug-likeness (QED) is 0.489. The van der Waals surface area contributed by atoms with E-state index in [0.29, 0.717) is 17.8 Å². The zero-order chi connectivity index (χ0) is 21.0. The second-order valence-electron chi connectivity index (χ2n) is 8.70. The van der Waals surface area contributed by atoms with Crippen molar-refractivity contribution in [2.24, 2.45) is 0 Å². The van der Waals surface area contributed by atoms with Gasteiger partial charge < -0.3 is 0 Å². The van der Waals surface area contributed by atoms with Gasteiger partial charge in [0, 0.05) is 41.3 Å². The second kappa shape index (κ2) is 9.30. The molecule has 0 aliphatic rings. The van der Waals surface area contributed by atoms with Crippen molar-refractivity contribution in [3.05, 3.63) is 88.8 Å². The maximum atomic E-state index is 4.66. The molecule has 152 valence electrons. The summed E-state index contributed by atoms with van der Waals surface area (Å²) in [5.74, 6) is 1.38. The number of hydrogen-bond donors (Lipinski definition) is 0. The number of hydrogen-bond acceptors (Lipinski definition) is 2. The van der Waals surface area contributed by atoms with Gasteiger partial charge in [-0.25, -0.2) is 4.57 Å². The topological polar surface area (TPSA) is 29.7 Å².